The predicted octanol–water partition coefficient (Wildman–Crippen LogP) is 3.24. The highest BCUT2D eigenvalue weighted by molar-refractivity contribution is 5.41. The third-order valence-corrected chi connectivity index (χ3v) is 2.85. The molecule has 96 valence electrons. The molecule has 0 saturated carbocycles. The summed E-state index contributed by atoms with van der Waals surface area (Å²) in [5.41, 5.74) is 3.81. The highest BCUT2D eigenvalue weighted by Crippen LogP contribution is 2.22. The lowest BCUT2D eigenvalue weighted by atomic mass is 10.1. The first-order chi connectivity index (χ1) is 8.00. The number of rotatable bonds is 6. The van der Waals surface area contributed by atoms with Gasteiger partial charge in [-0.15, -0.1) is 0 Å². The minimum absolute atomic E-state index is 0.693. The van der Waals surface area contributed by atoms with E-state index in [-0.39, 0.29) is 0 Å². The molecule has 0 fully saturated rings. The van der Waals surface area contributed by atoms with E-state index in [1.165, 1.54) is 16.7 Å². The minimum atomic E-state index is 0.693. The Morgan fingerprint density at radius 1 is 1.18 bits per heavy atom. The fourth-order valence-electron chi connectivity index (χ4n) is 1.77. The Hall–Kier alpha value is -1.02. The lowest BCUT2D eigenvalue weighted by molar-refractivity contribution is 0.308. The molecule has 1 N–H and O–H groups in total. The molecule has 0 atom stereocenters. The van der Waals surface area contributed by atoms with Crippen LogP contribution in [0.5, 0.6) is 5.75 Å². The molecule has 0 saturated heterocycles. The van der Waals surface area contributed by atoms with Gasteiger partial charge in [0.1, 0.15) is 12.4 Å². The molecule has 0 aliphatic rings. The zero-order valence-electron chi connectivity index (χ0n) is 11.8. The molecule has 0 aliphatic heterocycles. The van der Waals surface area contributed by atoms with Crippen LogP contribution in [0.2, 0.25) is 0 Å². The van der Waals surface area contributed by atoms with Gasteiger partial charge in [0.2, 0.25) is 0 Å². The smallest absolute Gasteiger partial charge is 0.122 e. The number of hydrogen-bond acceptors (Lipinski definition) is 2. The van der Waals surface area contributed by atoms with Crippen molar-refractivity contribution in [2.75, 3.05) is 19.7 Å². The largest absolute Gasteiger partial charge is 0.492 e. The van der Waals surface area contributed by atoms with Gasteiger partial charge in [0.15, 0.2) is 0 Å². The summed E-state index contributed by atoms with van der Waals surface area (Å²) in [6.07, 6.45) is 0. The predicted molar refractivity (Wildman–Crippen MR) is 73.9 cm³/mol. The maximum Gasteiger partial charge on any atom is 0.122 e. The first-order valence-electron chi connectivity index (χ1n) is 6.42. The van der Waals surface area contributed by atoms with Crippen LogP contribution in [0.4, 0.5) is 0 Å². The van der Waals surface area contributed by atoms with Gasteiger partial charge in [0, 0.05) is 6.54 Å². The Labute approximate surface area is 105 Å². The molecule has 0 aliphatic carbocycles. The van der Waals surface area contributed by atoms with Crippen molar-refractivity contribution in [3.05, 3.63) is 28.8 Å². The van der Waals surface area contributed by atoms with E-state index >= 15 is 0 Å². The lowest BCUT2D eigenvalue weighted by Gasteiger charge is -2.13. The van der Waals surface area contributed by atoms with Crippen molar-refractivity contribution in [3.63, 3.8) is 0 Å². The molecule has 0 radical (unpaired) electrons. The summed E-state index contributed by atoms with van der Waals surface area (Å²) in [7, 11) is 0. The van der Waals surface area contributed by atoms with Gasteiger partial charge in [0.25, 0.3) is 0 Å². The second-order valence-electron chi connectivity index (χ2n) is 5.15. The summed E-state index contributed by atoms with van der Waals surface area (Å²) >= 11 is 0. The quantitative estimate of drug-likeness (QED) is 0.764. The van der Waals surface area contributed by atoms with Crippen molar-refractivity contribution in [2.24, 2.45) is 5.92 Å². The molecule has 1 aromatic carbocycles. The van der Waals surface area contributed by atoms with Gasteiger partial charge in [-0.25, -0.2) is 0 Å². The number of nitrogens with one attached hydrogen (secondary N) is 1. The third kappa shape index (κ3) is 4.78. The van der Waals surface area contributed by atoms with Crippen molar-refractivity contribution >= 4 is 0 Å². The topological polar surface area (TPSA) is 21.3 Å². The maximum absolute atomic E-state index is 5.82. The fraction of sp³-hybridized carbons (Fsp3) is 0.600. The van der Waals surface area contributed by atoms with Crippen molar-refractivity contribution in [3.8, 4) is 5.75 Å². The normalized spacial score (nSPS) is 10.9. The van der Waals surface area contributed by atoms with Crippen LogP contribution in [0, 0.1) is 26.7 Å². The Balaban J connectivity index is 2.41. The molecule has 0 aromatic heterocycles. The monoisotopic (exact) mass is 235 g/mol. The Morgan fingerprint density at radius 3 is 2.53 bits per heavy atom. The van der Waals surface area contributed by atoms with Crippen LogP contribution in [0.3, 0.4) is 0 Å². The van der Waals surface area contributed by atoms with E-state index in [9.17, 15) is 0 Å². The van der Waals surface area contributed by atoms with E-state index in [1.54, 1.807) is 0 Å². The first-order valence-corrected chi connectivity index (χ1v) is 6.42. The van der Waals surface area contributed by atoms with E-state index in [4.69, 9.17) is 4.74 Å². The average Bonchev–Trinajstić information content (AvgIpc) is 2.23. The van der Waals surface area contributed by atoms with Gasteiger partial charge in [-0.2, -0.15) is 0 Å². The minimum Gasteiger partial charge on any atom is -0.492 e. The van der Waals surface area contributed by atoms with Gasteiger partial charge in [-0.1, -0.05) is 19.9 Å². The molecular weight excluding hydrogens is 210 g/mol. The van der Waals surface area contributed by atoms with Crippen LogP contribution in [0.25, 0.3) is 0 Å². The SMILES string of the molecule is Cc1cc(C)c(C)c(OCCNCC(C)C)c1. The van der Waals surface area contributed by atoms with Gasteiger partial charge < -0.3 is 10.1 Å². The summed E-state index contributed by atoms with van der Waals surface area (Å²) in [4.78, 5) is 0. The summed E-state index contributed by atoms with van der Waals surface area (Å²) in [5, 5.41) is 3.38. The summed E-state index contributed by atoms with van der Waals surface area (Å²) in [5.74, 6) is 1.71. The first kappa shape index (κ1) is 14.0. The maximum atomic E-state index is 5.82. The molecule has 0 spiro atoms. The molecule has 0 bridgehead atoms. The second kappa shape index (κ2) is 6.65. The fourth-order valence-corrected chi connectivity index (χ4v) is 1.77. The second-order valence-corrected chi connectivity index (χ2v) is 5.15. The number of benzene rings is 1. The van der Waals surface area contributed by atoms with Crippen LogP contribution >= 0.6 is 0 Å². The molecule has 1 aromatic rings. The zero-order valence-corrected chi connectivity index (χ0v) is 11.8. The standard InChI is InChI=1S/C15H25NO/c1-11(2)10-16-6-7-17-15-9-12(3)8-13(4)14(15)5/h8-9,11,16H,6-7,10H2,1-5H3. The summed E-state index contributed by atoms with van der Waals surface area (Å²) in [6, 6.07) is 4.31. The van der Waals surface area contributed by atoms with Crippen LogP contribution < -0.4 is 10.1 Å². The number of aryl methyl sites for hydroxylation is 2. The Bertz CT molecular complexity index is 358. The van der Waals surface area contributed by atoms with Crippen LogP contribution in [0.1, 0.15) is 30.5 Å². The average molecular weight is 235 g/mol. The van der Waals surface area contributed by atoms with E-state index in [0.29, 0.717) is 5.92 Å². The van der Waals surface area contributed by atoms with Crippen molar-refractivity contribution < 1.29 is 4.74 Å². The summed E-state index contributed by atoms with van der Waals surface area (Å²) in [6.45, 7) is 13.5. The molecule has 0 amide bonds. The lowest BCUT2D eigenvalue weighted by Crippen LogP contribution is -2.25. The van der Waals surface area contributed by atoms with Gasteiger partial charge in [-0.05, 0) is 56.0 Å². The molecule has 17 heavy (non-hydrogen) atoms. The van der Waals surface area contributed by atoms with Crippen LogP contribution in [0.15, 0.2) is 12.1 Å². The van der Waals surface area contributed by atoms with Gasteiger partial charge in [-0.3, -0.25) is 0 Å². The molecule has 0 unspecified atom stereocenters. The van der Waals surface area contributed by atoms with E-state index in [2.05, 4.69) is 52.1 Å². The number of ether oxygens (including phenoxy) is 1. The third-order valence-electron chi connectivity index (χ3n) is 2.85. The van der Waals surface area contributed by atoms with E-state index in [0.717, 1.165) is 25.4 Å². The highest BCUT2D eigenvalue weighted by atomic mass is 16.5. The molecular formula is C15H25NO. The summed E-state index contributed by atoms with van der Waals surface area (Å²) < 4.78 is 5.82. The van der Waals surface area contributed by atoms with E-state index < -0.39 is 0 Å². The molecule has 0 heterocycles. The van der Waals surface area contributed by atoms with Crippen molar-refractivity contribution in [2.45, 2.75) is 34.6 Å². The highest BCUT2D eigenvalue weighted by Gasteiger charge is 2.03. The van der Waals surface area contributed by atoms with Crippen LogP contribution in [-0.4, -0.2) is 19.7 Å². The zero-order chi connectivity index (χ0) is 12.8. The van der Waals surface area contributed by atoms with Gasteiger partial charge >= 0.3 is 0 Å². The van der Waals surface area contributed by atoms with Crippen molar-refractivity contribution in [1.29, 1.82) is 0 Å². The molecule has 2 heteroatoms. The Kier molecular flexibility index (Phi) is 5.49. The molecule has 1 rings (SSSR count). The van der Waals surface area contributed by atoms with E-state index in [1.807, 2.05) is 0 Å². The Morgan fingerprint density at radius 2 is 1.88 bits per heavy atom. The van der Waals surface area contributed by atoms with Gasteiger partial charge in [0.05, 0.1) is 0 Å². The van der Waals surface area contributed by atoms with Crippen molar-refractivity contribution in [1.82, 2.24) is 5.32 Å². The number of hydrogen-bond donors (Lipinski definition) is 1. The van der Waals surface area contributed by atoms with Crippen LogP contribution in [-0.2, 0) is 0 Å². The molecule has 2 nitrogen and oxygen atoms in total.